The van der Waals surface area contributed by atoms with Crippen molar-refractivity contribution in [2.75, 3.05) is 0 Å². The van der Waals surface area contributed by atoms with Crippen molar-refractivity contribution in [3.63, 3.8) is 0 Å². The average molecular weight is 97.1 g/mol. The number of hydrogen-bond acceptors (Lipinski definition) is 1. The molecule has 0 atom stereocenters. The number of furan rings is 1. The van der Waals surface area contributed by atoms with Gasteiger partial charge >= 0.3 is 0 Å². The van der Waals surface area contributed by atoms with E-state index < -0.39 is 0 Å². The highest BCUT2D eigenvalue weighted by Gasteiger charge is 1.84. The van der Waals surface area contributed by atoms with E-state index in [-0.39, 0.29) is 0 Å². The van der Waals surface area contributed by atoms with Crippen LogP contribution in [0.25, 0.3) is 0 Å². The van der Waals surface area contributed by atoms with Crippen LogP contribution in [0.15, 0.2) is 22.8 Å². The first-order chi connectivity index (χ1) is 3.93. The van der Waals surface area contributed by atoms with Crippen molar-refractivity contribution < 1.29 is 5.79 Å². The monoisotopic (exact) mass is 97.1 g/mol. The van der Waals surface area contributed by atoms with Gasteiger partial charge in [0.25, 0.3) is 0 Å². The number of rotatable bonds is 1. The minimum atomic E-state index is 0.410. The smallest absolute Gasteiger partial charge is 0.103 e. The lowest BCUT2D eigenvalue weighted by Gasteiger charge is -1.79. The summed E-state index contributed by atoms with van der Waals surface area (Å²) in [7, 11) is 0. The summed E-state index contributed by atoms with van der Waals surface area (Å²) >= 11 is 0. The second-order valence-electron chi connectivity index (χ2n) is 1.33. The molecule has 1 aromatic rings. The summed E-state index contributed by atoms with van der Waals surface area (Å²) in [6.45, 7) is 0.410. The normalized spacial score (nSPS) is 11.1. The van der Waals surface area contributed by atoms with E-state index in [1.54, 1.807) is 6.26 Å². The maximum Gasteiger partial charge on any atom is 0.103 e. The Kier molecular flexibility index (Phi) is 0.861. The van der Waals surface area contributed by atoms with E-state index in [1.807, 2.05) is 12.1 Å². The predicted molar refractivity (Wildman–Crippen MR) is 28.1 cm³/mol. The molecule has 0 aliphatic carbocycles. The first kappa shape index (κ1) is 3.30. The van der Waals surface area contributed by atoms with Crippen molar-refractivity contribution in [2.45, 2.75) is 13.3 Å². The van der Waals surface area contributed by atoms with E-state index in [4.69, 9.17) is 5.79 Å². The molecule has 0 radical (unpaired) electrons. The van der Waals surface area contributed by atoms with Gasteiger partial charge in [0.05, 0.1) is 6.26 Å². The fourth-order valence-corrected chi connectivity index (χ4v) is 0.455. The van der Waals surface area contributed by atoms with Gasteiger partial charge in [-0.25, -0.2) is 0 Å². The van der Waals surface area contributed by atoms with E-state index >= 15 is 0 Å². The van der Waals surface area contributed by atoms with Crippen molar-refractivity contribution in [3.05, 3.63) is 24.2 Å². The van der Waals surface area contributed by atoms with Crippen LogP contribution >= 0.6 is 0 Å². The zero-order chi connectivity index (χ0) is 5.82. The molecule has 0 saturated carbocycles. The summed E-state index contributed by atoms with van der Waals surface area (Å²) in [6, 6.07) is 3.72. The Morgan fingerprint density at radius 3 is 3.57 bits per heavy atom. The second kappa shape index (κ2) is 1.82. The van der Waals surface area contributed by atoms with Gasteiger partial charge in [0.2, 0.25) is 0 Å². The fourth-order valence-electron chi connectivity index (χ4n) is 0.455. The molecule has 1 aromatic heterocycles. The molecule has 0 aliphatic rings. The van der Waals surface area contributed by atoms with E-state index in [9.17, 15) is 0 Å². The number of hydrogen-bond donors (Lipinski definition) is 0. The Morgan fingerprint density at radius 2 is 3.00 bits per heavy atom. The van der Waals surface area contributed by atoms with E-state index in [0.717, 1.165) is 12.2 Å². The average Bonchev–Trinajstić information content (AvgIpc) is 2.19. The minimum Gasteiger partial charge on any atom is -0.469 e. The molecule has 1 heteroatoms. The third kappa shape index (κ3) is 0.829. The molecule has 0 saturated heterocycles. The minimum absolute atomic E-state index is 0.410. The van der Waals surface area contributed by atoms with Crippen LogP contribution in [0.1, 0.15) is 14.0 Å². The molecule has 1 nitrogen and oxygen atoms in total. The Hall–Kier alpha value is -0.720. The van der Waals surface area contributed by atoms with Gasteiger partial charge < -0.3 is 4.42 Å². The number of aryl methyl sites for hydroxylation is 1. The van der Waals surface area contributed by atoms with Crippen LogP contribution in [0, 0.1) is 0 Å². The van der Waals surface area contributed by atoms with E-state index in [1.165, 1.54) is 0 Å². The lowest BCUT2D eigenvalue weighted by molar-refractivity contribution is 0.516. The van der Waals surface area contributed by atoms with Gasteiger partial charge in [0, 0.05) is 7.79 Å². The molecule has 1 heterocycles. The van der Waals surface area contributed by atoms with Crippen molar-refractivity contribution in [1.29, 1.82) is 0 Å². The molecule has 0 amide bonds. The highest BCUT2D eigenvalue weighted by molar-refractivity contribution is 4.96. The molecular formula is C6H8O. The van der Waals surface area contributed by atoms with Crippen molar-refractivity contribution >= 4 is 0 Å². The molecule has 38 valence electrons. The molecule has 0 bridgehead atoms. The maximum atomic E-state index is 6.82. The predicted octanol–water partition coefficient (Wildman–Crippen LogP) is 1.84. The molecule has 0 spiro atoms. The zero-order valence-electron chi connectivity index (χ0n) is 5.05. The van der Waals surface area contributed by atoms with Crippen LogP contribution in [0.4, 0.5) is 0 Å². The van der Waals surface area contributed by atoms with Crippen LogP contribution in [-0.4, -0.2) is 0 Å². The van der Waals surface area contributed by atoms with Gasteiger partial charge in [-0.3, -0.25) is 0 Å². The van der Waals surface area contributed by atoms with Gasteiger partial charge in [-0.2, -0.15) is 0 Å². The van der Waals surface area contributed by atoms with Gasteiger partial charge in [-0.1, -0.05) is 6.90 Å². The molecule has 0 aliphatic heterocycles. The lowest BCUT2D eigenvalue weighted by Crippen LogP contribution is -1.66. The van der Waals surface area contributed by atoms with Crippen molar-refractivity contribution in [2.24, 2.45) is 0 Å². The third-order valence-electron chi connectivity index (χ3n) is 0.827. The van der Waals surface area contributed by atoms with Crippen LogP contribution in [0.5, 0.6) is 0 Å². The van der Waals surface area contributed by atoms with Crippen LogP contribution in [-0.2, 0) is 6.42 Å². The summed E-state index contributed by atoms with van der Waals surface area (Å²) in [5.74, 6) is 0.903. The third-order valence-corrected chi connectivity index (χ3v) is 0.827. The largest absolute Gasteiger partial charge is 0.469 e. The van der Waals surface area contributed by atoms with Crippen LogP contribution < -0.4 is 0 Å². The Labute approximate surface area is 44.4 Å². The topological polar surface area (TPSA) is 13.1 Å². The van der Waals surface area contributed by atoms with E-state index in [0.29, 0.717) is 6.90 Å². The fraction of sp³-hybridized carbons (Fsp3) is 0.333. The van der Waals surface area contributed by atoms with E-state index in [2.05, 4.69) is 0 Å². The molecule has 1 rings (SSSR count). The molecule has 0 N–H and O–H groups in total. The SMILES string of the molecule is [2H]CCc1ccco1. The quantitative estimate of drug-likeness (QED) is 0.521. The summed E-state index contributed by atoms with van der Waals surface area (Å²) in [5, 5.41) is 0. The lowest BCUT2D eigenvalue weighted by atomic mass is 10.4. The first-order valence-corrected chi connectivity index (χ1v) is 2.25. The molecule has 0 fully saturated rings. The summed E-state index contributed by atoms with van der Waals surface area (Å²) in [5.41, 5.74) is 0. The Bertz CT molecular complexity index is 134. The maximum absolute atomic E-state index is 6.82. The highest BCUT2D eigenvalue weighted by Crippen LogP contribution is 1.98. The highest BCUT2D eigenvalue weighted by atomic mass is 16.3. The van der Waals surface area contributed by atoms with Crippen molar-refractivity contribution in [1.82, 2.24) is 0 Å². The Morgan fingerprint density at radius 1 is 2.00 bits per heavy atom. The van der Waals surface area contributed by atoms with Gasteiger partial charge in [0.1, 0.15) is 5.76 Å². The van der Waals surface area contributed by atoms with Gasteiger partial charge in [-0.05, 0) is 12.1 Å². The Balaban J connectivity index is 2.50. The zero-order valence-corrected chi connectivity index (χ0v) is 4.05. The van der Waals surface area contributed by atoms with Crippen LogP contribution in [0.3, 0.4) is 0 Å². The van der Waals surface area contributed by atoms with Gasteiger partial charge in [-0.15, -0.1) is 0 Å². The van der Waals surface area contributed by atoms with Crippen LogP contribution in [0.2, 0.25) is 0 Å². The van der Waals surface area contributed by atoms with Gasteiger partial charge in [0.15, 0.2) is 0 Å². The first-order valence-electron chi connectivity index (χ1n) is 2.96. The summed E-state index contributed by atoms with van der Waals surface area (Å²) in [4.78, 5) is 0. The standard InChI is InChI=1S/C6H8O/c1-2-6-4-3-5-7-6/h3-5H,2H2,1H3/i1D. The second-order valence-corrected chi connectivity index (χ2v) is 1.33. The molecule has 0 aromatic carbocycles. The summed E-state index contributed by atoms with van der Waals surface area (Å²) in [6.07, 6.45) is 2.36. The molecule has 7 heavy (non-hydrogen) atoms. The molecular weight excluding hydrogens is 88.1 g/mol. The van der Waals surface area contributed by atoms with Crippen molar-refractivity contribution in [3.8, 4) is 0 Å². The summed E-state index contributed by atoms with van der Waals surface area (Å²) < 4.78 is 11.8. The molecule has 0 unspecified atom stereocenters.